The first-order chi connectivity index (χ1) is 10.8. The monoisotopic (exact) mass is 323 g/mol. The average molecular weight is 323 g/mol. The highest BCUT2D eigenvalue weighted by Gasteiger charge is 2.41. The fraction of sp³-hybridized carbons (Fsp3) is 0.688. The summed E-state index contributed by atoms with van der Waals surface area (Å²) >= 11 is 1.76. The molecule has 3 rings (SSSR count). The molecule has 1 aromatic heterocycles. The Balaban J connectivity index is 1.37. The maximum absolute atomic E-state index is 6.09. The van der Waals surface area contributed by atoms with Crippen molar-refractivity contribution in [3.05, 3.63) is 22.4 Å². The third kappa shape index (κ3) is 4.21. The Kier molecular flexibility index (Phi) is 5.33. The Morgan fingerprint density at radius 2 is 2.27 bits per heavy atom. The lowest BCUT2D eigenvalue weighted by atomic mass is 9.94. The summed E-state index contributed by atoms with van der Waals surface area (Å²) in [6, 6.07) is 4.20. The lowest BCUT2D eigenvalue weighted by molar-refractivity contribution is -0.186. The first kappa shape index (κ1) is 15.8. The van der Waals surface area contributed by atoms with E-state index in [1.807, 2.05) is 0 Å². The van der Waals surface area contributed by atoms with Crippen LogP contribution in [0.2, 0.25) is 0 Å². The second kappa shape index (κ2) is 7.44. The molecule has 3 N–H and O–H groups in total. The van der Waals surface area contributed by atoms with Crippen molar-refractivity contribution in [2.75, 3.05) is 19.7 Å². The Morgan fingerprint density at radius 1 is 1.41 bits per heavy atom. The van der Waals surface area contributed by atoms with Crippen LogP contribution in [0.15, 0.2) is 22.5 Å². The Labute approximate surface area is 135 Å². The van der Waals surface area contributed by atoms with E-state index >= 15 is 0 Å². The molecule has 5 nitrogen and oxygen atoms in total. The number of nitrogens with one attached hydrogen (secondary N) is 1. The molecule has 0 bridgehead atoms. The van der Waals surface area contributed by atoms with E-state index < -0.39 is 0 Å². The van der Waals surface area contributed by atoms with Gasteiger partial charge in [-0.25, -0.2) is 0 Å². The van der Waals surface area contributed by atoms with E-state index in [0.717, 1.165) is 25.8 Å². The molecule has 122 valence electrons. The highest BCUT2D eigenvalue weighted by Crippen LogP contribution is 2.37. The number of nitrogens with zero attached hydrogens (tertiary/aromatic N) is 1. The largest absolute Gasteiger partial charge is 0.370 e. The number of hydrogen-bond acceptors (Lipinski definition) is 4. The Hall–Kier alpha value is -1.11. The number of ether oxygens (including phenoxy) is 2. The van der Waals surface area contributed by atoms with Gasteiger partial charge in [-0.2, -0.15) is 0 Å². The van der Waals surface area contributed by atoms with Gasteiger partial charge in [0.05, 0.1) is 13.2 Å². The van der Waals surface area contributed by atoms with Crippen LogP contribution >= 0.6 is 11.3 Å². The van der Waals surface area contributed by atoms with E-state index in [0.29, 0.717) is 19.1 Å². The molecular formula is C16H25N3O2S. The highest BCUT2D eigenvalue weighted by atomic mass is 32.1. The van der Waals surface area contributed by atoms with Gasteiger partial charge < -0.3 is 20.5 Å². The minimum Gasteiger partial charge on any atom is -0.370 e. The highest BCUT2D eigenvalue weighted by molar-refractivity contribution is 7.09. The van der Waals surface area contributed by atoms with Crippen LogP contribution < -0.4 is 11.1 Å². The van der Waals surface area contributed by atoms with E-state index in [-0.39, 0.29) is 11.9 Å². The molecule has 2 aliphatic rings. The van der Waals surface area contributed by atoms with E-state index in [2.05, 4.69) is 27.8 Å². The third-order valence-corrected chi connectivity index (χ3v) is 5.19. The second-order valence-corrected chi connectivity index (χ2v) is 7.04. The van der Waals surface area contributed by atoms with E-state index in [1.54, 1.807) is 11.3 Å². The maximum Gasteiger partial charge on any atom is 0.188 e. The van der Waals surface area contributed by atoms with Gasteiger partial charge >= 0.3 is 0 Å². The van der Waals surface area contributed by atoms with E-state index in [9.17, 15) is 0 Å². The smallest absolute Gasteiger partial charge is 0.188 e. The fourth-order valence-corrected chi connectivity index (χ4v) is 3.79. The zero-order valence-electron chi connectivity index (χ0n) is 12.9. The number of nitrogens with two attached hydrogens (primary N) is 1. The topological polar surface area (TPSA) is 68.9 Å². The zero-order valence-corrected chi connectivity index (χ0v) is 13.7. The summed E-state index contributed by atoms with van der Waals surface area (Å²) in [5, 5.41) is 5.24. The van der Waals surface area contributed by atoms with E-state index in [1.165, 1.54) is 24.1 Å². The minimum absolute atomic E-state index is 0.0377. The van der Waals surface area contributed by atoms with Crippen LogP contribution in [0, 0.1) is 0 Å². The predicted molar refractivity (Wildman–Crippen MR) is 89.2 cm³/mol. The molecule has 1 aromatic rings. The average Bonchev–Trinajstić information content (AvgIpc) is 3.17. The number of guanidine groups is 1. The van der Waals surface area contributed by atoms with Crippen LogP contribution in [0.4, 0.5) is 0 Å². The lowest BCUT2D eigenvalue weighted by Gasteiger charge is -2.31. The second-order valence-electron chi connectivity index (χ2n) is 6.00. The first-order valence-electron chi connectivity index (χ1n) is 8.14. The van der Waals surface area contributed by atoms with Crippen molar-refractivity contribution in [3.63, 3.8) is 0 Å². The summed E-state index contributed by atoms with van der Waals surface area (Å²) in [4.78, 5) is 5.74. The fourth-order valence-electron chi connectivity index (χ4n) is 3.08. The summed E-state index contributed by atoms with van der Waals surface area (Å²) in [6.45, 7) is 2.01. The van der Waals surface area contributed by atoms with Gasteiger partial charge in [-0.1, -0.05) is 12.5 Å². The summed E-state index contributed by atoms with van der Waals surface area (Å²) in [7, 11) is 0. The van der Waals surface area contributed by atoms with Gasteiger partial charge in [0.2, 0.25) is 0 Å². The Morgan fingerprint density at radius 3 is 3.05 bits per heavy atom. The third-order valence-electron chi connectivity index (χ3n) is 4.25. The van der Waals surface area contributed by atoms with Crippen LogP contribution in [0.5, 0.6) is 0 Å². The van der Waals surface area contributed by atoms with Gasteiger partial charge in [0.1, 0.15) is 6.10 Å². The lowest BCUT2D eigenvalue weighted by Crippen LogP contribution is -2.35. The molecule has 22 heavy (non-hydrogen) atoms. The van der Waals surface area contributed by atoms with Crippen molar-refractivity contribution in [1.29, 1.82) is 0 Å². The molecule has 2 fully saturated rings. The molecule has 1 aliphatic carbocycles. The standard InChI is InChI=1S/C16H25N3O2S/c17-15(18-9-6-14-5-4-10-22-14)19-11-13-12-20-16(21-13)7-2-1-3-8-16/h4-5,10,13H,1-3,6-9,11-12H2,(H3,17,18,19). The molecule has 1 saturated carbocycles. The molecule has 1 aliphatic heterocycles. The molecule has 0 radical (unpaired) electrons. The van der Waals surface area contributed by atoms with Gasteiger partial charge in [-0.15, -0.1) is 11.3 Å². The number of aliphatic imine (C=N–C) groups is 1. The SMILES string of the molecule is NC(=NCC1COC2(CCCCC2)O1)NCCc1cccs1. The minimum atomic E-state index is -0.320. The zero-order chi connectivity index (χ0) is 15.3. The van der Waals surface area contributed by atoms with Crippen molar-refractivity contribution in [2.45, 2.75) is 50.4 Å². The summed E-state index contributed by atoms with van der Waals surface area (Å²) in [5.41, 5.74) is 5.91. The molecule has 0 aromatic carbocycles. The first-order valence-corrected chi connectivity index (χ1v) is 9.02. The number of rotatable bonds is 5. The maximum atomic E-state index is 6.09. The molecule has 2 heterocycles. The van der Waals surface area contributed by atoms with Crippen molar-refractivity contribution in [1.82, 2.24) is 5.32 Å². The molecule has 1 spiro atoms. The van der Waals surface area contributed by atoms with Gasteiger partial charge in [0, 0.05) is 24.3 Å². The summed E-state index contributed by atoms with van der Waals surface area (Å²) < 4.78 is 12.0. The van der Waals surface area contributed by atoms with Crippen LogP contribution in [-0.2, 0) is 15.9 Å². The predicted octanol–water partition coefficient (Wildman–Crippen LogP) is 2.27. The van der Waals surface area contributed by atoms with Crippen molar-refractivity contribution in [3.8, 4) is 0 Å². The quantitative estimate of drug-likeness (QED) is 0.644. The van der Waals surface area contributed by atoms with Crippen molar-refractivity contribution in [2.24, 2.45) is 10.7 Å². The summed E-state index contributed by atoms with van der Waals surface area (Å²) in [5.74, 6) is 0.171. The van der Waals surface area contributed by atoms with Gasteiger partial charge in [0.15, 0.2) is 11.7 Å². The van der Waals surface area contributed by atoms with E-state index in [4.69, 9.17) is 15.2 Å². The Bertz CT molecular complexity index is 484. The van der Waals surface area contributed by atoms with Gasteiger partial charge in [-0.05, 0) is 30.7 Å². The summed E-state index contributed by atoms with van der Waals surface area (Å²) in [6.07, 6.45) is 6.72. The van der Waals surface area contributed by atoms with Gasteiger partial charge in [-0.3, -0.25) is 4.99 Å². The molecule has 1 saturated heterocycles. The molecular weight excluding hydrogens is 298 g/mol. The van der Waals surface area contributed by atoms with Crippen LogP contribution in [0.25, 0.3) is 0 Å². The molecule has 0 amide bonds. The van der Waals surface area contributed by atoms with Crippen LogP contribution in [-0.4, -0.2) is 37.5 Å². The normalized spacial score (nSPS) is 24.7. The number of thiophene rings is 1. The number of hydrogen-bond donors (Lipinski definition) is 2. The molecule has 1 atom stereocenters. The van der Waals surface area contributed by atoms with Crippen molar-refractivity contribution < 1.29 is 9.47 Å². The van der Waals surface area contributed by atoms with Crippen molar-refractivity contribution >= 4 is 17.3 Å². The van der Waals surface area contributed by atoms with Crippen LogP contribution in [0.1, 0.15) is 37.0 Å². The van der Waals surface area contributed by atoms with Gasteiger partial charge in [0.25, 0.3) is 0 Å². The molecule has 1 unspecified atom stereocenters. The van der Waals surface area contributed by atoms with Crippen LogP contribution in [0.3, 0.4) is 0 Å². The molecule has 6 heteroatoms.